The summed E-state index contributed by atoms with van der Waals surface area (Å²) in [4.78, 5) is 16.2. The highest BCUT2D eigenvalue weighted by Gasteiger charge is 2.23. The Morgan fingerprint density at radius 2 is 2.00 bits per heavy atom. The Kier molecular flexibility index (Phi) is 4.36. The average molecular weight is 316 g/mol. The highest BCUT2D eigenvalue weighted by molar-refractivity contribution is 5.88. The number of urea groups is 1. The molecule has 1 aliphatic rings. The Balaban J connectivity index is 1.58. The quantitative estimate of drug-likeness (QED) is 0.941. The fraction of sp³-hybridized carbons (Fsp3) is 0.375. The van der Waals surface area contributed by atoms with Crippen LogP contribution in [0.25, 0.3) is 0 Å². The molecule has 0 spiro atoms. The van der Waals surface area contributed by atoms with E-state index in [0.717, 1.165) is 24.5 Å². The Morgan fingerprint density at radius 1 is 1.26 bits per heavy atom. The molecule has 0 atom stereocenters. The van der Waals surface area contributed by atoms with Crippen molar-refractivity contribution in [2.24, 2.45) is 0 Å². The molecule has 7 heteroatoms. The summed E-state index contributed by atoms with van der Waals surface area (Å²) in [5.74, 6) is 1.96. The van der Waals surface area contributed by atoms with Gasteiger partial charge in [-0.2, -0.15) is 0 Å². The predicted molar refractivity (Wildman–Crippen MR) is 87.0 cm³/mol. The van der Waals surface area contributed by atoms with E-state index in [1.54, 1.807) is 25.0 Å². The first-order valence-electron chi connectivity index (χ1n) is 7.54. The van der Waals surface area contributed by atoms with Crippen LogP contribution < -0.4 is 15.0 Å². The third kappa shape index (κ3) is 3.39. The first-order chi connectivity index (χ1) is 11.2. The molecular weight excluding hydrogens is 296 g/mol. The summed E-state index contributed by atoms with van der Waals surface area (Å²) in [6.45, 7) is 4.58. The van der Waals surface area contributed by atoms with Crippen molar-refractivity contribution in [2.45, 2.75) is 6.92 Å². The van der Waals surface area contributed by atoms with Crippen molar-refractivity contribution in [3.05, 3.63) is 36.1 Å². The van der Waals surface area contributed by atoms with Crippen LogP contribution in [0.15, 0.2) is 34.9 Å². The van der Waals surface area contributed by atoms with Crippen LogP contribution in [0.4, 0.5) is 16.3 Å². The van der Waals surface area contributed by atoms with Crippen LogP contribution >= 0.6 is 0 Å². The molecule has 1 saturated heterocycles. The summed E-state index contributed by atoms with van der Waals surface area (Å²) in [6.07, 6.45) is 0. The van der Waals surface area contributed by atoms with Crippen LogP contribution in [0.5, 0.6) is 5.75 Å². The molecule has 1 aliphatic heterocycles. The lowest BCUT2D eigenvalue weighted by atomic mass is 10.2. The number of benzene rings is 1. The second-order valence-electron chi connectivity index (χ2n) is 5.40. The molecule has 2 aromatic rings. The van der Waals surface area contributed by atoms with Gasteiger partial charge in [0.1, 0.15) is 11.5 Å². The van der Waals surface area contributed by atoms with Crippen LogP contribution in [0.1, 0.15) is 5.76 Å². The zero-order valence-electron chi connectivity index (χ0n) is 13.3. The van der Waals surface area contributed by atoms with Crippen molar-refractivity contribution in [3.63, 3.8) is 0 Å². The molecule has 0 saturated carbocycles. The maximum absolute atomic E-state index is 12.2. The van der Waals surface area contributed by atoms with E-state index >= 15 is 0 Å². The van der Waals surface area contributed by atoms with Gasteiger partial charge in [-0.1, -0.05) is 17.3 Å². The fourth-order valence-electron chi connectivity index (χ4n) is 2.66. The van der Waals surface area contributed by atoms with E-state index in [1.165, 1.54) is 0 Å². The van der Waals surface area contributed by atoms with Gasteiger partial charge in [0.25, 0.3) is 0 Å². The van der Waals surface area contributed by atoms with Gasteiger partial charge < -0.3 is 19.1 Å². The van der Waals surface area contributed by atoms with Crippen LogP contribution in [-0.2, 0) is 0 Å². The number of hydrogen-bond donors (Lipinski definition) is 1. The lowest BCUT2D eigenvalue weighted by Gasteiger charge is -2.36. The highest BCUT2D eigenvalue weighted by Crippen LogP contribution is 2.28. The van der Waals surface area contributed by atoms with Gasteiger partial charge in [0.2, 0.25) is 0 Å². The van der Waals surface area contributed by atoms with E-state index in [1.807, 2.05) is 24.3 Å². The van der Waals surface area contributed by atoms with Crippen molar-refractivity contribution >= 4 is 17.5 Å². The molecule has 3 rings (SSSR count). The maximum Gasteiger partial charge on any atom is 0.323 e. The zero-order valence-corrected chi connectivity index (χ0v) is 13.3. The first kappa shape index (κ1) is 15.2. The predicted octanol–water partition coefficient (Wildman–Crippen LogP) is 2.35. The maximum atomic E-state index is 12.2. The second-order valence-corrected chi connectivity index (χ2v) is 5.40. The molecule has 0 aliphatic carbocycles. The summed E-state index contributed by atoms with van der Waals surface area (Å²) in [7, 11) is 1.67. The molecule has 0 unspecified atom stereocenters. The molecule has 2 amide bonds. The molecule has 122 valence electrons. The fourth-order valence-corrected chi connectivity index (χ4v) is 2.66. The summed E-state index contributed by atoms with van der Waals surface area (Å²) < 4.78 is 10.3. The van der Waals surface area contributed by atoms with Crippen LogP contribution in [0.3, 0.4) is 0 Å². The summed E-state index contributed by atoms with van der Waals surface area (Å²) in [6, 6.07) is 9.46. The Bertz CT molecular complexity index is 677. The number of aromatic nitrogens is 1. The molecule has 1 aromatic carbocycles. The molecule has 1 N–H and O–H groups in total. The lowest BCUT2D eigenvalue weighted by Crippen LogP contribution is -2.50. The van der Waals surface area contributed by atoms with Crippen molar-refractivity contribution in [1.82, 2.24) is 10.1 Å². The smallest absolute Gasteiger partial charge is 0.323 e. The van der Waals surface area contributed by atoms with Crippen molar-refractivity contribution in [2.75, 3.05) is 43.5 Å². The van der Waals surface area contributed by atoms with E-state index < -0.39 is 0 Å². The minimum atomic E-state index is -0.155. The normalized spacial score (nSPS) is 14.7. The van der Waals surface area contributed by atoms with Gasteiger partial charge in [0.05, 0.1) is 12.8 Å². The van der Waals surface area contributed by atoms with E-state index in [0.29, 0.717) is 24.7 Å². The molecular formula is C16H20N4O3. The van der Waals surface area contributed by atoms with Crippen molar-refractivity contribution in [3.8, 4) is 5.75 Å². The molecule has 7 nitrogen and oxygen atoms in total. The van der Waals surface area contributed by atoms with Gasteiger partial charge in [-0.3, -0.25) is 5.32 Å². The molecule has 0 radical (unpaired) electrons. The van der Waals surface area contributed by atoms with E-state index in [4.69, 9.17) is 9.26 Å². The largest absolute Gasteiger partial charge is 0.495 e. The van der Waals surface area contributed by atoms with Gasteiger partial charge in [-0.05, 0) is 19.1 Å². The number of rotatable bonds is 3. The summed E-state index contributed by atoms with van der Waals surface area (Å²) in [5, 5.41) is 6.52. The summed E-state index contributed by atoms with van der Waals surface area (Å²) in [5.41, 5.74) is 1.06. The SMILES string of the molecule is COc1ccccc1N1CCN(C(=O)Nc2cc(C)on2)CC1. The number of piperazine rings is 1. The number of hydrogen-bond acceptors (Lipinski definition) is 5. The first-order valence-corrected chi connectivity index (χ1v) is 7.54. The Morgan fingerprint density at radius 3 is 2.65 bits per heavy atom. The number of nitrogens with one attached hydrogen (secondary N) is 1. The number of carbonyl (C=O) groups is 1. The number of amides is 2. The van der Waals surface area contributed by atoms with Crippen LogP contribution in [-0.4, -0.2) is 49.4 Å². The number of aryl methyl sites for hydroxylation is 1. The van der Waals surface area contributed by atoms with E-state index in [9.17, 15) is 4.79 Å². The lowest BCUT2D eigenvalue weighted by molar-refractivity contribution is 0.208. The number of nitrogens with zero attached hydrogens (tertiary/aromatic N) is 3. The number of para-hydroxylation sites is 2. The monoisotopic (exact) mass is 316 g/mol. The van der Waals surface area contributed by atoms with Gasteiger partial charge in [0.15, 0.2) is 5.82 Å². The number of methoxy groups -OCH3 is 1. The van der Waals surface area contributed by atoms with Gasteiger partial charge in [-0.15, -0.1) is 0 Å². The van der Waals surface area contributed by atoms with Crippen molar-refractivity contribution < 1.29 is 14.1 Å². The minimum Gasteiger partial charge on any atom is -0.495 e. The highest BCUT2D eigenvalue weighted by atomic mass is 16.5. The topological polar surface area (TPSA) is 70.8 Å². The average Bonchev–Trinajstić information content (AvgIpc) is 3.00. The second kappa shape index (κ2) is 6.60. The molecule has 1 aromatic heterocycles. The van der Waals surface area contributed by atoms with Gasteiger partial charge in [-0.25, -0.2) is 4.79 Å². The molecule has 0 bridgehead atoms. The molecule has 1 fully saturated rings. The number of carbonyl (C=O) groups excluding carboxylic acids is 1. The van der Waals surface area contributed by atoms with Crippen LogP contribution in [0, 0.1) is 6.92 Å². The third-order valence-corrected chi connectivity index (χ3v) is 3.86. The van der Waals surface area contributed by atoms with Crippen molar-refractivity contribution in [1.29, 1.82) is 0 Å². The van der Waals surface area contributed by atoms with Gasteiger partial charge in [0, 0.05) is 32.2 Å². The number of anilines is 2. The Labute approximate surface area is 134 Å². The zero-order chi connectivity index (χ0) is 16.2. The standard InChI is InChI=1S/C16H20N4O3/c1-12-11-15(18-23-12)17-16(21)20-9-7-19(8-10-20)13-5-3-4-6-14(13)22-2/h3-6,11H,7-10H2,1-2H3,(H,17,18,21). The third-order valence-electron chi connectivity index (χ3n) is 3.86. The minimum absolute atomic E-state index is 0.155. The van der Waals surface area contributed by atoms with Gasteiger partial charge >= 0.3 is 6.03 Å². The number of ether oxygens (including phenoxy) is 1. The van der Waals surface area contributed by atoms with E-state index in [-0.39, 0.29) is 6.03 Å². The summed E-state index contributed by atoms with van der Waals surface area (Å²) >= 11 is 0. The molecule has 2 heterocycles. The van der Waals surface area contributed by atoms with E-state index in [2.05, 4.69) is 15.4 Å². The molecule has 23 heavy (non-hydrogen) atoms. The van der Waals surface area contributed by atoms with Crippen LogP contribution in [0.2, 0.25) is 0 Å². The Hall–Kier alpha value is -2.70.